The van der Waals surface area contributed by atoms with Crippen LogP contribution in [0.4, 0.5) is 0 Å². The zero-order chi connectivity index (χ0) is 21.8. The van der Waals surface area contributed by atoms with Crippen molar-refractivity contribution < 1.29 is 20.1 Å². The van der Waals surface area contributed by atoms with E-state index < -0.39 is 12.5 Å². The molecule has 6 heteroatoms. The van der Waals surface area contributed by atoms with Gasteiger partial charge in [0.15, 0.2) is 0 Å². The molecular formula is C23H48N2O4. The summed E-state index contributed by atoms with van der Waals surface area (Å²) in [6, 6.07) is 0. The van der Waals surface area contributed by atoms with Crippen LogP contribution in [0.2, 0.25) is 0 Å². The predicted molar refractivity (Wildman–Crippen MR) is 119 cm³/mol. The van der Waals surface area contributed by atoms with Gasteiger partial charge in [0.2, 0.25) is 5.91 Å². The third-order valence-electron chi connectivity index (χ3n) is 5.38. The van der Waals surface area contributed by atoms with Gasteiger partial charge in [-0.25, -0.2) is 0 Å². The van der Waals surface area contributed by atoms with Crippen molar-refractivity contribution in [3.8, 4) is 0 Å². The highest BCUT2D eigenvalue weighted by Crippen LogP contribution is 2.14. The van der Waals surface area contributed by atoms with Crippen molar-refractivity contribution in [3.63, 3.8) is 0 Å². The number of rotatable bonds is 21. The van der Waals surface area contributed by atoms with Crippen molar-refractivity contribution in [2.24, 2.45) is 5.73 Å². The van der Waals surface area contributed by atoms with E-state index in [2.05, 4.69) is 6.92 Å². The molecule has 0 bridgehead atoms. The minimum atomic E-state index is -2.85. The third-order valence-corrected chi connectivity index (χ3v) is 5.38. The summed E-state index contributed by atoms with van der Waals surface area (Å²) in [5, 5.41) is 27.4. The first-order chi connectivity index (χ1) is 13.9. The van der Waals surface area contributed by atoms with E-state index >= 15 is 0 Å². The SMILES string of the molecule is CCCCCCCCCCCCCCCCCC(=O)N(CCCN)CC(O)(O)O. The Balaban J connectivity index is 3.55. The first-order valence-electron chi connectivity index (χ1n) is 12.1. The van der Waals surface area contributed by atoms with Gasteiger partial charge in [0.05, 0.1) is 0 Å². The highest BCUT2D eigenvalue weighted by molar-refractivity contribution is 5.76. The molecule has 0 fully saturated rings. The predicted octanol–water partition coefficient (Wildman–Crippen LogP) is 4.06. The fourth-order valence-corrected chi connectivity index (χ4v) is 3.64. The number of carbonyl (C=O) groups excluding carboxylic acids is 1. The maximum Gasteiger partial charge on any atom is 0.294 e. The molecule has 5 N–H and O–H groups in total. The summed E-state index contributed by atoms with van der Waals surface area (Å²) in [5.74, 6) is -3.01. The molecule has 0 aliphatic heterocycles. The van der Waals surface area contributed by atoms with Crippen LogP contribution in [-0.2, 0) is 4.79 Å². The lowest BCUT2D eigenvalue weighted by atomic mass is 10.0. The molecule has 6 nitrogen and oxygen atoms in total. The van der Waals surface area contributed by atoms with Crippen LogP contribution in [0.3, 0.4) is 0 Å². The summed E-state index contributed by atoms with van der Waals surface area (Å²) in [7, 11) is 0. The van der Waals surface area contributed by atoms with Crippen molar-refractivity contribution in [2.45, 2.75) is 122 Å². The number of nitrogens with zero attached hydrogens (tertiary/aromatic N) is 1. The molecule has 0 atom stereocenters. The summed E-state index contributed by atoms with van der Waals surface area (Å²) in [6.07, 6.45) is 20.1. The lowest BCUT2D eigenvalue weighted by Gasteiger charge is -2.27. The Morgan fingerprint density at radius 2 is 1.14 bits per heavy atom. The monoisotopic (exact) mass is 416 g/mol. The van der Waals surface area contributed by atoms with Gasteiger partial charge < -0.3 is 26.0 Å². The highest BCUT2D eigenvalue weighted by atomic mass is 16.7. The second-order valence-electron chi connectivity index (χ2n) is 8.43. The van der Waals surface area contributed by atoms with E-state index in [4.69, 9.17) is 21.1 Å². The largest absolute Gasteiger partial charge is 0.342 e. The Labute approximate surface area is 178 Å². The topological polar surface area (TPSA) is 107 Å². The van der Waals surface area contributed by atoms with Gasteiger partial charge in [-0.15, -0.1) is 0 Å². The molecule has 0 aliphatic rings. The second-order valence-corrected chi connectivity index (χ2v) is 8.43. The summed E-state index contributed by atoms with van der Waals surface area (Å²) in [6.45, 7) is 2.51. The van der Waals surface area contributed by atoms with Gasteiger partial charge in [-0.2, -0.15) is 0 Å². The summed E-state index contributed by atoms with van der Waals surface area (Å²) in [4.78, 5) is 13.5. The molecule has 0 radical (unpaired) electrons. The van der Waals surface area contributed by atoms with Gasteiger partial charge in [-0.05, 0) is 19.4 Å². The Morgan fingerprint density at radius 3 is 1.52 bits per heavy atom. The Kier molecular flexibility index (Phi) is 18.8. The van der Waals surface area contributed by atoms with Crippen LogP contribution in [0.1, 0.15) is 116 Å². The highest BCUT2D eigenvalue weighted by Gasteiger charge is 2.25. The minimum Gasteiger partial charge on any atom is -0.342 e. The van der Waals surface area contributed by atoms with Gasteiger partial charge >= 0.3 is 0 Å². The van der Waals surface area contributed by atoms with Crippen molar-refractivity contribution in [1.29, 1.82) is 0 Å². The molecular weight excluding hydrogens is 368 g/mol. The zero-order valence-corrected chi connectivity index (χ0v) is 18.9. The first-order valence-corrected chi connectivity index (χ1v) is 12.1. The van der Waals surface area contributed by atoms with Crippen LogP contribution in [0.15, 0.2) is 0 Å². The van der Waals surface area contributed by atoms with E-state index in [0.29, 0.717) is 25.9 Å². The van der Waals surface area contributed by atoms with Crippen LogP contribution in [0, 0.1) is 0 Å². The molecule has 0 saturated heterocycles. The number of carbonyl (C=O) groups is 1. The Bertz CT molecular complexity index is 372. The van der Waals surface area contributed by atoms with Crippen molar-refractivity contribution in [1.82, 2.24) is 4.90 Å². The third kappa shape index (κ3) is 20.4. The maximum atomic E-state index is 12.2. The van der Waals surface area contributed by atoms with E-state index in [0.717, 1.165) is 19.3 Å². The number of nitrogens with two attached hydrogens (primary N) is 1. The van der Waals surface area contributed by atoms with Crippen molar-refractivity contribution in [2.75, 3.05) is 19.6 Å². The fraction of sp³-hybridized carbons (Fsp3) is 0.957. The average Bonchev–Trinajstić information content (AvgIpc) is 2.67. The summed E-state index contributed by atoms with van der Waals surface area (Å²) in [5.41, 5.74) is 5.45. The molecule has 0 aromatic carbocycles. The number of unbranched alkanes of at least 4 members (excludes halogenated alkanes) is 14. The van der Waals surface area contributed by atoms with Gasteiger partial charge in [0.25, 0.3) is 5.97 Å². The van der Waals surface area contributed by atoms with Crippen LogP contribution in [0.5, 0.6) is 0 Å². The molecule has 0 rings (SSSR count). The number of hydrogen-bond donors (Lipinski definition) is 4. The van der Waals surface area contributed by atoms with E-state index in [-0.39, 0.29) is 5.91 Å². The molecule has 29 heavy (non-hydrogen) atoms. The number of amides is 1. The molecule has 0 spiro atoms. The molecule has 0 aliphatic carbocycles. The van der Waals surface area contributed by atoms with Gasteiger partial charge in [-0.3, -0.25) is 4.79 Å². The van der Waals surface area contributed by atoms with Crippen LogP contribution >= 0.6 is 0 Å². The van der Waals surface area contributed by atoms with Gasteiger partial charge in [-0.1, -0.05) is 96.8 Å². The van der Waals surface area contributed by atoms with E-state index in [1.54, 1.807) is 0 Å². The van der Waals surface area contributed by atoms with E-state index in [1.165, 1.54) is 81.9 Å². The smallest absolute Gasteiger partial charge is 0.294 e. The fourth-order valence-electron chi connectivity index (χ4n) is 3.64. The lowest BCUT2D eigenvalue weighted by Crippen LogP contribution is -2.46. The van der Waals surface area contributed by atoms with E-state index in [9.17, 15) is 4.79 Å². The summed E-state index contributed by atoms with van der Waals surface area (Å²) < 4.78 is 0. The quantitative estimate of drug-likeness (QED) is 0.167. The lowest BCUT2D eigenvalue weighted by molar-refractivity contribution is -0.315. The molecule has 0 aromatic heterocycles. The zero-order valence-electron chi connectivity index (χ0n) is 18.9. The molecule has 174 valence electrons. The van der Waals surface area contributed by atoms with Gasteiger partial charge in [0.1, 0.15) is 6.54 Å². The normalized spacial score (nSPS) is 11.8. The standard InChI is InChI=1S/C23H48N2O4/c1-2-3-4-5-6-7-8-9-10-11-12-13-14-15-16-18-22(26)25(20-17-19-24)21-23(27,28)29/h27-29H,2-21,24H2,1H3. The Morgan fingerprint density at radius 1 is 0.724 bits per heavy atom. The van der Waals surface area contributed by atoms with E-state index in [1.807, 2.05) is 0 Å². The Hall–Kier alpha value is -0.690. The van der Waals surface area contributed by atoms with Crippen molar-refractivity contribution in [3.05, 3.63) is 0 Å². The minimum absolute atomic E-state index is 0.158. The first kappa shape index (κ1) is 28.3. The average molecular weight is 417 g/mol. The molecule has 0 aromatic rings. The summed E-state index contributed by atoms with van der Waals surface area (Å²) >= 11 is 0. The molecule has 0 saturated carbocycles. The molecule has 0 heterocycles. The molecule has 0 unspecified atom stereocenters. The van der Waals surface area contributed by atoms with Crippen LogP contribution in [-0.4, -0.2) is 51.7 Å². The van der Waals surface area contributed by atoms with Crippen LogP contribution in [0.25, 0.3) is 0 Å². The second kappa shape index (κ2) is 19.3. The molecule has 1 amide bonds. The number of hydrogen-bond acceptors (Lipinski definition) is 5. The maximum absolute atomic E-state index is 12.2. The number of aliphatic hydroxyl groups is 3. The van der Waals surface area contributed by atoms with Gasteiger partial charge in [0, 0.05) is 13.0 Å². The van der Waals surface area contributed by atoms with Crippen molar-refractivity contribution >= 4 is 5.91 Å². The van der Waals surface area contributed by atoms with Crippen LogP contribution < -0.4 is 5.73 Å².